The van der Waals surface area contributed by atoms with Gasteiger partial charge in [0.1, 0.15) is 22.9 Å². The smallest absolute Gasteiger partial charge is 0.354 e. The number of H-pyrrole nitrogens is 1. The average Bonchev–Trinajstić information content (AvgIpc) is 2.99. The van der Waals surface area contributed by atoms with Gasteiger partial charge in [-0.3, -0.25) is 4.98 Å². The molecule has 0 radical (unpaired) electrons. The van der Waals surface area contributed by atoms with Crippen molar-refractivity contribution in [1.29, 1.82) is 0 Å². The molecule has 0 saturated carbocycles. The number of ether oxygens (including phenoxy) is 3. The first-order valence-electron chi connectivity index (χ1n) is 7.00. The third kappa shape index (κ3) is 2.96. The minimum absolute atomic E-state index is 0.356. The van der Waals surface area contributed by atoms with Gasteiger partial charge in [0.05, 0.1) is 25.9 Å². The van der Waals surface area contributed by atoms with Crippen molar-refractivity contribution in [3.05, 3.63) is 47.9 Å². The Morgan fingerprint density at radius 2 is 1.96 bits per heavy atom. The van der Waals surface area contributed by atoms with Crippen LogP contribution in [0, 0.1) is 6.92 Å². The van der Waals surface area contributed by atoms with Gasteiger partial charge < -0.3 is 19.2 Å². The summed E-state index contributed by atoms with van der Waals surface area (Å²) in [6.45, 7) is 1.91. The molecule has 6 nitrogen and oxygen atoms in total. The standard InChI is InChI=1S/C17H16N2O4/c1-10-4-5-12(9-18-10)23-13-6-11-7-14(17(20)22-3)19-16(11)15(8-13)21-2/h4-9,19H,1-3H3. The van der Waals surface area contributed by atoms with Crippen LogP contribution in [0.3, 0.4) is 0 Å². The van der Waals surface area contributed by atoms with E-state index in [9.17, 15) is 4.79 Å². The summed E-state index contributed by atoms with van der Waals surface area (Å²) in [5.41, 5.74) is 1.98. The molecule has 0 aliphatic heterocycles. The highest BCUT2D eigenvalue weighted by molar-refractivity contribution is 5.97. The summed E-state index contributed by atoms with van der Waals surface area (Å²) in [7, 11) is 2.90. The second-order valence-corrected chi connectivity index (χ2v) is 5.00. The first-order chi connectivity index (χ1) is 11.1. The van der Waals surface area contributed by atoms with Crippen LogP contribution in [0.1, 0.15) is 16.2 Å². The Kier molecular flexibility index (Phi) is 3.89. The summed E-state index contributed by atoms with van der Waals surface area (Å²) in [6.07, 6.45) is 1.66. The summed E-state index contributed by atoms with van der Waals surface area (Å²) in [5.74, 6) is 1.36. The topological polar surface area (TPSA) is 73.4 Å². The number of aromatic amines is 1. The van der Waals surface area contributed by atoms with Crippen molar-refractivity contribution in [2.24, 2.45) is 0 Å². The van der Waals surface area contributed by atoms with Gasteiger partial charge in [0.15, 0.2) is 0 Å². The van der Waals surface area contributed by atoms with Crippen molar-refractivity contribution in [3.63, 3.8) is 0 Å². The number of hydrogen-bond donors (Lipinski definition) is 1. The van der Waals surface area contributed by atoms with Crippen molar-refractivity contribution in [2.45, 2.75) is 6.92 Å². The number of benzene rings is 1. The lowest BCUT2D eigenvalue weighted by molar-refractivity contribution is 0.0595. The zero-order chi connectivity index (χ0) is 16.4. The van der Waals surface area contributed by atoms with E-state index in [4.69, 9.17) is 14.2 Å². The van der Waals surface area contributed by atoms with Crippen LogP contribution in [0.4, 0.5) is 0 Å². The number of esters is 1. The number of nitrogens with zero attached hydrogens (tertiary/aromatic N) is 1. The molecule has 0 atom stereocenters. The molecule has 2 aromatic heterocycles. The lowest BCUT2D eigenvalue weighted by atomic mass is 10.2. The van der Waals surface area contributed by atoms with E-state index in [1.54, 1.807) is 25.4 Å². The van der Waals surface area contributed by atoms with Crippen molar-refractivity contribution >= 4 is 16.9 Å². The van der Waals surface area contributed by atoms with E-state index in [0.717, 1.165) is 11.1 Å². The van der Waals surface area contributed by atoms with E-state index in [0.29, 0.717) is 28.5 Å². The molecular formula is C17H16N2O4. The number of nitrogens with one attached hydrogen (secondary N) is 1. The predicted octanol–water partition coefficient (Wildman–Crippen LogP) is 3.46. The largest absolute Gasteiger partial charge is 0.494 e. The molecular weight excluding hydrogens is 296 g/mol. The Bertz CT molecular complexity index is 853. The van der Waals surface area contributed by atoms with Crippen LogP contribution >= 0.6 is 0 Å². The van der Waals surface area contributed by atoms with Crippen LogP contribution in [-0.2, 0) is 4.74 Å². The normalized spacial score (nSPS) is 10.6. The van der Waals surface area contributed by atoms with E-state index in [2.05, 4.69) is 9.97 Å². The third-order valence-corrected chi connectivity index (χ3v) is 3.41. The van der Waals surface area contributed by atoms with Crippen LogP contribution in [0.5, 0.6) is 17.2 Å². The number of fused-ring (bicyclic) bond motifs is 1. The SMILES string of the molecule is COC(=O)c1cc2cc(Oc3ccc(C)nc3)cc(OC)c2[nH]1. The first kappa shape index (κ1) is 14.9. The van der Waals surface area contributed by atoms with E-state index in [1.807, 2.05) is 25.1 Å². The highest BCUT2D eigenvalue weighted by atomic mass is 16.5. The minimum atomic E-state index is -0.437. The van der Waals surface area contributed by atoms with Crippen LogP contribution in [-0.4, -0.2) is 30.2 Å². The summed E-state index contributed by atoms with van der Waals surface area (Å²) < 4.78 is 15.9. The number of rotatable bonds is 4. The van der Waals surface area contributed by atoms with Gasteiger partial charge in [-0.05, 0) is 31.2 Å². The van der Waals surface area contributed by atoms with Gasteiger partial charge >= 0.3 is 5.97 Å². The zero-order valence-corrected chi connectivity index (χ0v) is 13.0. The van der Waals surface area contributed by atoms with E-state index < -0.39 is 5.97 Å². The molecule has 3 rings (SSSR count). The molecule has 23 heavy (non-hydrogen) atoms. The fraction of sp³-hybridized carbons (Fsp3) is 0.176. The summed E-state index contributed by atoms with van der Waals surface area (Å²) in [6, 6.07) is 8.98. The van der Waals surface area contributed by atoms with Crippen LogP contribution in [0.2, 0.25) is 0 Å². The molecule has 0 unspecified atom stereocenters. The average molecular weight is 312 g/mol. The number of aromatic nitrogens is 2. The van der Waals surface area contributed by atoms with E-state index in [1.165, 1.54) is 7.11 Å². The fourth-order valence-electron chi connectivity index (χ4n) is 2.28. The van der Waals surface area contributed by atoms with E-state index >= 15 is 0 Å². The zero-order valence-electron chi connectivity index (χ0n) is 13.0. The molecule has 0 saturated heterocycles. The predicted molar refractivity (Wildman–Crippen MR) is 85.2 cm³/mol. The maximum absolute atomic E-state index is 11.7. The van der Waals surface area contributed by atoms with Crippen molar-refractivity contribution in [3.8, 4) is 17.2 Å². The maximum Gasteiger partial charge on any atom is 0.354 e. The lowest BCUT2D eigenvalue weighted by Gasteiger charge is -2.08. The van der Waals surface area contributed by atoms with Gasteiger partial charge in [0, 0.05) is 17.1 Å². The quantitative estimate of drug-likeness (QED) is 0.747. The number of hydrogen-bond acceptors (Lipinski definition) is 5. The van der Waals surface area contributed by atoms with Gasteiger partial charge in [-0.25, -0.2) is 4.79 Å². The van der Waals surface area contributed by atoms with E-state index in [-0.39, 0.29) is 0 Å². The van der Waals surface area contributed by atoms with Crippen molar-refractivity contribution < 1.29 is 19.0 Å². The van der Waals surface area contributed by atoms with Crippen molar-refractivity contribution in [2.75, 3.05) is 14.2 Å². The van der Waals surface area contributed by atoms with Gasteiger partial charge in [0.25, 0.3) is 0 Å². The molecule has 0 bridgehead atoms. The van der Waals surface area contributed by atoms with Gasteiger partial charge in [-0.2, -0.15) is 0 Å². The van der Waals surface area contributed by atoms with Crippen LogP contribution in [0.15, 0.2) is 36.5 Å². The van der Waals surface area contributed by atoms with Crippen LogP contribution in [0.25, 0.3) is 10.9 Å². The summed E-state index contributed by atoms with van der Waals surface area (Å²) in [5, 5.41) is 0.792. The maximum atomic E-state index is 11.7. The third-order valence-electron chi connectivity index (χ3n) is 3.41. The number of methoxy groups -OCH3 is 2. The Morgan fingerprint density at radius 1 is 1.13 bits per heavy atom. The molecule has 2 heterocycles. The monoisotopic (exact) mass is 312 g/mol. The highest BCUT2D eigenvalue weighted by Gasteiger charge is 2.14. The molecule has 0 aliphatic rings. The fourth-order valence-corrected chi connectivity index (χ4v) is 2.28. The molecule has 0 amide bonds. The molecule has 1 N–H and O–H groups in total. The Labute approximate surface area is 133 Å². The van der Waals surface area contributed by atoms with Gasteiger partial charge in [0.2, 0.25) is 0 Å². The molecule has 0 aliphatic carbocycles. The number of carbonyl (C=O) groups is 1. The lowest BCUT2D eigenvalue weighted by Crippen LogP contribution is -2.00. The first-order valence-corrected chi connectivity index (χ1v) is 7.00. The molecule has 118 valence electrons. The summed E-state index contributed by atoms with van der Waals surface area (Å²) in [4.78, 5) is 18.8. The van der Waals surface area contributed by atoms with Crippen LogP contribution < -0.4 is 9.47 Å². The molecule has 6 heteroatoms. The minimum Gasteiger partial charge on any atom is -0.494 e. The number of aryl methyl sites for hydroxylation is 1. The Hall–Kier alpha value is -3.02. The Morgan fingerprint density at radius 3 is 2.61 bits per heavy atom. The molecule has 3 aromatic rings. The molecule has 0 fully saturated rings. The second kappa shape index (κ2) is 6.00. The highest BCUT2D eigenvalue weighted by Crippen LogP contribution is 2.33. The molecule has 1 aromatic carbocycles. The Balaban J connectivity index is 2.01. The van der Waals surface area contributed by atoms with Gasteiger partial charge in [-0.15, -0.1) is 0 Å². The second-order valence-electron chi connectivity index (χ2n) is 5.00. The number of pyridine rings is 1. The van der Waals surface area contributed by atoms with Gasteiger partial charge in [-0.1, -0.05) is 0 Å². The van der Waals surface area contributed by atoms with Crippen molar-refractivity contribution in [1.82, 2.24) is 9.97 Å². The number of carbonyl (C=O) groups excluding carboxylic acids is 1. The summed E-state index contributed by atoms with van der Waals surface area (Å²) >= 11 is 0. The molecule has 0 spiro atoms.